The van der Waals surface area contributed by atoms with Crippen LogP contribution in [-0.2, 0) is 13.5 Å². The minimum absolute atomic E-state index is 0.900. The first-order valence-electron chi connectivity index (χ1n) is 8.14. The van der Waals surface area contributed by atoms with Gasteiger partial charge in [0, 0.05) is 24.7 Å². The van der Waals surface area contributed by atoms with Crippen molar-refractivity contribution < 1.29 is 0 Å². The molecule has 0 radical (unpaired) electrons. The topological polar surface area (TPSA) is 30.7 Å². The van der Waals surface area contributed by atoms with Gasteiger partial charge in [0.25, 0.3) is 0 Å². The van der Waals surface area contributed by atoms with E-state index in [-0.39, 0.29) is 0 Å². The van der Waals surface area contributed by atoms with Crippen LogP contribution in [0, 0.1) is 12.8 Å². The minimum Gasteiger partial charge on any atom is -0.331 e. The molecule has 0 N–H and O–H groups in total. The summed E-state index contributed by atoms with van der Waals surface area (Å²) in [6, 6.07) is 0. The molecule has 2 aromatic heterocycles. The van der Waals surface area contributed by atoms with E-state index in [1.54, 1.807) is 0 Å². The highest BCUT2D eigenvalue weighted by Crippen LogP contribution is 2.28. The average Bonchev–Trinajstić information content (AvgIpc) is 2.83. The molecule has 0 aliphatic heterocycles. The molecule has 3 rings (SSSR count). The Morgan fingerprint density at radius 3 is 2.81 bits per heavy atom. The van der Waals surface area contributed by atoms with Crippen LogP contribution in [0.25, 0.3) is 17.1 Å². The van der Waals surface area contributed by atoms with Crippen molar-refractivity contribution in [2.24, 2.45) is 13.0 Å². The third-order valence-electron chi connectivity index (χ3n) is 4.95. The van der Waals surface area contributed by atoms with Crippen molar-refractivity contribution in [3.05, 3.63) is 29.9 Å². The van der Waals surface area contributed by atoms with Crippen LogP contribution in [-0.4, -0.2) is 14.5 Å². The van der Waals surface area contributed by atoms with Crippen LogP contribution in [0.5, 0.6) is 0 Å². The molecule has 0 aromatic carbocycles. The Labute approximate surface area is 127 Å². The highest BCUT2D eigenvalue weighted by Gasteiger charge is 2.16. The lowest BCUT2D eigenvalue weighted by Crippen LogP contribution is -2.09. The van der Waals surface area contributed by atoms with Gasteiger partial charge in [-0.05, 0) is 19.3 Å². The second-order valence-electron chi connectivity index (χ2n) is 6.33. The first-order chi connectivity index (χ1) is 10.2. The zero-order valence-corrected chi connectivity index (χ0v) is 13.2. The standard InChI is InChI=1S/C18H25N3/c1-4-15-13(2)19-12-16-18(15)21(3)17(20-16)11-10-14-8-6-5-7-9-14/h4,12,14H,1,5-11H2,2-3H3. The summed E-state index contributed by atoms with van der Waals surface area (Å²) in [7, 11) is 2.12. The number of fused-ring (bicyclic) bond motifs is 1. The Morgan fingerprint density at radius 1 is 1.33 bits per heavy atom. The molecular formula is C18H25N3. The van der Waals surface area contributed by atoms with E-state index in [2.05, 4.69) is 23.2 Å². The number of nitrogens with zero attached hydrogens (tertiary/aromatic N) is 3. The fourth-order valence-electron chi connectivity index (χ4n) is 3.65. The quantitative estimate of drug-likeness (QED) is 0.831. The SMILES string of the molecule is C=Cc1c(C)ncc2nc(CCC3CCCCC3)n(C)c12. The molecule has 112 valence electrons. The fourth-order valence-corrected chi connectivity index (χ4v) is 3.65. The summed E-state index contributed by atoms with van der Waals surface area (Å²) < 4.78 is 2.24. The Morgan fingerprint density at radius 2 is 2.10 bits per heavy atom. The molecule has 0 atom stereocenters. The van der Waals surface area contributed by atoms with E-state index in [1.807, 2.05) is 19.2 Å². The molecule has 3 heteroatoms. The second-order valence-corrected chi connectivity index (χ2v) is 6.33. The van der Waals surface area contributed by atoms with Gasteiger partial charge in [0.1, 0.15) is 11.3 Å². The molecule has 1 fully saturated rings. The minimum atomic E-state index is 0.900. The van der Waals surface area contributed by atoms with E-state index >= 15 is 0 Å². The zero-order valence-electron chi connectivity index (χ0n) is 13.2. The molecule has 0 saturated heterocycles. The molecule has 3 nitrogen and oxygen atoms in total. The van der Waals surface area contributed by atoms with Crippen LogP contribution >= 0.6 is 0 Å². The number of aromatic nitrogens is 3. The van der Waals surface area contributed by atoms with Crippen molar-refractivity contribution in [1.29, 1.82) is 0 Å². The Hall–Kier alpha value is -1.64. The molecule has 1 aliphatic rings. The summed E-state index contributed by atoms with van der Waals surface area (Å²) >= 11 is 0. The van der Waals surface area contributed by atoms with Crippen molar-refractivity contribution in [2.45, 2.75) is 51.9 Å². The molecule has 21 heavy (non-hydrogen) atoms. The van der Waals surface area contributed by atoms with Gasteiger partial charge in [0.05, 0.1) is 11.7 Å². The average molecular weight is 283 g/mol. The predicted molar refractivity (Wildman–Crippen MR) is 88.2 cm³/mol. The van der Waals surface area contributed by atoms with Gasteiger partial charge in [-0.3, -0.25) is 4.98 Å². The largest absolute Gasteiger partial charge is 0.331 e. The summed E-state index contributed by atoms with van der Waals surface area (Å²) in [5.41, 5.74) is 4.32. The molecule has 1 saturated carbocycles. The molecule has 1 aliphatic carbocycles. The summed E-state index contributed by atoms with van der Waals surface area (Å²) in [5, 5.41) is 0. The van der Waals surface area contributed by atoms with Crippen LogP contribution in [0.1, 0.15) is 55.6 Å². The predicted octanol–water partition coefficient (Wildman–Crippen LogP) is 4.43. The lowest BCUT2D eigenvalue weighted by molar-refractivity contribution is 0.336. The van der Waals surface area contributed by atoms with Gasteiger partial charge < -0.3 is 4.57 Å². The van der Waals surface area contributed by atoms with Crippen LogP contribution < -0.4 is 0 Å². The van der Waals surface area contributed by atoms with Crippen LogP contribution in [0.15, 0.2) is 12.8 Å². The van der Waals surface area contributed by atoms with E-state index in [1.165, 1.54) is 49.9 Å². The number of rotatable bonds is 4. The Balaban J connectivity index is 1.86. The van der Waals surface area contributed by atoms with Crippen molar-refractivity contribution in [1.82, 2.24) is 14.5 Å². The first-order valence-corrected chi connectivity index (χ1v) is 8.14. The van der Waals surface area contributed by atoms with Crippen molar-refractivity contribution in [3.8, 4) is 0 Å². The number of hydrogen-bond acceptors (Lipinski definition) is 2. The molecule has 0 spiro atoms. The van der Waals surface area contributed by atoms with Crippen molar-refractivity contribution in [3.63, 3.8) is 0 Å². The molecule has 0 unspecified atom stereocenters. The number of aryl methyl sites for hydroxylation is 3. The lowest BCUT2D eigenvalue weighted by atomic mass is 9.86. The number of imidazole rings is 1. The van der Waals surface area contributed by atoms with Gasteiger partial charge in [-0.2, -0.15) is 0 Å². The maximum Gasteiger partial charge on any atom is 0.109 e. The molecule has 2 heterocycles. The van der Waals surface area contributed by atoms with Crippen molar-refractivity contribution >= 4 is 17.1 Å². The van der Waals surface area contributed by atoms with E-state index in [9.17, 15) is 0 Å². The van der Waals surface area contributed by atoms with Crippen LogP contribution in [0.4, 0.5) is 0 Å². The summed E-state index contributed by atoms with van der Waals surface area (Å²) in [6.45, 7) is 5.96. The monoisotopic (exact) mass is 283 g/mol. The van der Waals surface area contributed by atoms with Gasteiger partial charge in [-0.15, -0.1) is 0 Å². The summed E-state index contributed by atoms with van der Waals surface area (Å²) in [6.07, 6.45) is 13.2. The van der Waals surface area contributed by atoms with Gasteiger partial charge in [-0.25, -0.2) is 4.98 Å². The van der Waals surface area contributed by atoms with E-state index < -0.39 is 0 Å². The molecule has 0 amide bonds. The second kappa shape index (κ2) is 6.00. The van der Waals surface area contributed by atoms with E-state index in [0.717, 1.165) is 29.1 Å². The first kappa shape index (κ1) is 14.3. The summed E-state index contributed by atoms with van der Waals surface area (Å²) in [4.78, 5) is 9.23. The maximum absolute atomic E-state index is 4.80. The molecular weight excluding hydrogens is 258 g/mol. The van der Waals surface area contributed by atoms with E-state index in [0.29, 0.717) is 0 Å². The van der Waals surface area contributed by atoms with Crippen LogP contribution in [0.3, 0.4) is 0 Å². The van der Waals surface area contributed by atoms with Gasteiger partial charge in [-0.1, -0.05) is 44.8 Å². The molecule has 2 aromatic rings. The lowest BCUT2D eigenvalue weighted by Gasteiger charge is -2.21. The van der Waals surface area contributed by atoms with Crippen molar-refractivity contribution in [2.75, 3.05) is 0 Å². The highest BCUT2D eigenvalue weighted by molar-refractivity contribution is 5.85. The highest BCUT2D eigenvalue weighted by atomic mass is 15.1. The number of hydrogen-bond donors (Lipinski definition) is 0. The van der Waals surface area contributed by atoms with Gasteiger partial charge >= 0.3 is 0 Å². The number of pyridine rings is 1. The third kappa shape index (κ3) is 2.74. The fraction of sp³-hybridized carbons (Fsp3) is 0.556. The van der Waals surface area contributed by atoms with Gasteiger partial charge in [0.2, 0.25) is 0 Å². The zero-order chi connectivity index (χ0) is 14.8. The normalized spacial score (nSPS) is 16.5. The summed E-state index contributed by atoms with van der Waals surface area (Å²) in [5.74, 6) is 2.09. The van der Waals surface area contributed by atoms with Crippen LogP contribution in [0.2, 0.25) is 0 Å². The third-order valence-corrected chi connectivity index (χ3v) is 4.95. The smallest absolute Gasteiger partial charge is 0.109 e. The molecule has 0 bridgehead atoms. The Kier molecular flexibility index (Phi) is 4.09. The maximum atomic E-state index is 4.80. The van der Waals surface area contributed by atoms with Gasteiger partial charge in [0.15, 0.2) is 0 Å². The Bertz CT molecular complexity index is 648. The van der Waals surface area contributed by atoms with E-state index in [4.69, 9.17) is 4.98 Å².